The maximum atomic E-state index is 14.4. The Bertz CT molecular complexity index is 1030. The molecule has 2 aromatic carbocycles. The monoisotopic (exact) mass is 511 g/mol. The van der Waals surface area contributed by atoms with Crippen LogP contribution >= 0.6 is 0 Å². The van der Waals surface area contributed by atoms with Gasteiger partial charge in [0.1, 0.15) is 5.82 Å². The number of carbonyl (C=O) groups is 1. The number of aliphatic hydroxyl groups excluding tert-OH is 1. The van der Waals surface area contributed by atoms with Gasteiger partial charge in [0.15, 0.2) is 0 Å². The number of ether oxygens (including phenoxy) is 2. The van der Waals surface area contributed by atoms with Crippen molar-refractivity contribution in [3.05, 3.63) is 71.5 Å². The third kappa shape index (κ3) is 7.15. The zero-order valence-electron chi connectivity index (χ0n) is 21.3. The van der Waals surface area contributed by atoms with Gasteiger partial charge in [0.05, 0.1) is 37.9 Å². The van der Waals surface area contributed by atoms with Crippen LogP contribution in [0, 0.1) is 5.82 Å². The Morgan fingerprint density at radius 1 is 1.00 bits per heavy atom. The van der Waals surface area contributed by atoms with Gasteiger partial charge in [0, 0.05) is 50.4 Å². The summed E-state index contributed by atoms with van der Waals surface area (Å²) in [6, 6.07) is 17.3. The average molecular weight is 512 g/mol. The van der Waals surface area contributed by atoms with Crippen LogP contribution in [0.4, 0.5) is 4.39 Å². The fourth-order valence-electron chi connectivity index (χ4n) is 5.90. The third-order valence-corrected chi connectivity index (χ3v) is 7.72. The van der Waals surface area contributed by atoms with Gasteiger partial charge >= 0.3 is 0 Å². The van der Waals surface area contributed by atoms with Gasteiger partial charge in [-0.1, -0.05) is 48.5 Å². The smallest absolute Gasteiger partial charge is 0.222 e. The van der Waals surface area contributed by atoms with E-state index in [1.54, 1.807) is 12.1 Å². The van der Waals surface area contributed by atoms with Crippen molar-refractivity contribution in [1.29, 1.82) is 0 Å². The normalized spacial score (nSPS) is 29.3. The second-order valence-electron chi connectivity index (χ2n) is 10.6. The minimum atomic E-state index is -0.635. The van der Waals surface area contributed by atoms with E-state index in [0.29, 0.717) is 31.7 Å². The van der Waals surface area contributed by atoms with Crippen LogP contribution < -0.4 is 5.32 Å². The fourth-order valence-corrected chi connectivity index (χ4v) is 5.90. The molecule has 2 N–H and O–H groups in total. The van der Waals surface area contributed by atoms with Crippen LogP contribution in [0.25, 0.3) is 0 Å². The number of rotatable bonds is 7. The number of aliphatic hydroxyl groups is 1. The van der Waals surface area contributed by atoms with Crippen LogP contribution in [0.2, 0.25) is 0 Å². The number of benzene rings is 2. The third-order valence-electron chi connectivity index (χ3n) is 7.72. The van der Waals surface area contributed by atoms with Crippen molar-refractivity contribution < 1.29 is 23.8 Å². The van der Waals surface area contributed by atoms with Crippen LogP contribution in [0.5, 0.6) is 0 Å². The summed E-state index contributed by atoms with van der Waals surface area (Å²) in [5.74, 6) is -0.215. The number of carbonyl (C=O) groups excluding carboxylic acids is 1. The second-order valence-corrected chi connectivity index (χ2v) is 10.6. The molecule has 2 aromatic rings. The van der Waals surface area contributed by atoms with Crippen LogP contribution in [-0.4, -0.2) is 84.1 Å². The summed E-state index contributed by atoms with van der Waals surface area (Å²) in [5.41, 5.74) is 1.90. The average Bonchev–Trinajstić information content (AvgIpc) is 3.31. The molecule has 0 radical (unpaired) electrons. The highest BCUT2D eigenvalue weighted by Crippen LogP contribution is 2.29. The minimum Gasteiger partial charge on any atom is -0.389 e. The van der Waals surface area contributed by atoms with Gasteiger partial charge in [-0.3, -0.25) is 14.6 Å². The van der Waals surface area contributed by atoms with Crippen molar-refractivity contribution in [2.45, 2.75) is 69.2 Å². The molecule has 0 saturated carbocycles. The molecule has 3 aliphatic heterocycles. The van der Waals surface area contributed by atoms with E-state index in [4.69, 9.17) is 9.47 Å². The molecule has 0 aliphatic carbocycles. The molecule has 5 atom stereocenters. The van der Waals surface area contributed by atoms with Crippen LogP contribution in [0.1, 0.15) is 36.8 Å². The molecule has 0 aromatic heterocycles. The highest BCUT2D eigenvalue weighted by atomic mass is 19.1. The lowest BCUT2D eigenvalue weighted by Gasteiger charge is -2.44. The first-order valence-electron chi connectivity index (χ1n) is 13.5. The van der Waals surface area contributed by atoms with E-state index in [-0.39, 0.29) is 42.6 Å². The standard InChI is InChI=1S/C29H38FN3O4/c30-26-9-5-4-8-22(26)16-33-18-24(34)19-36-20-28-27(33)11-10-25(37-28)14-29(35)31-23-12-13-32(17-23)15-21-6-2-1-3-7-21/h1-9,23-25,27-28,34H,10-20H2,(H,31,35)/t23-,24-,25-,27+,28-/m0/s1. The topological polar surface area (TPSA) is 74.3 Å². The van der Waals surface area contributed by atoms with Gasteiger partial charge in [0.25, 0.3) is 0 Å². The molecule has 0 unspecified atom stereocenters. The zero-order chi connectivity index (χ0) is 25.6. The number of hydrogen-bond acceptors (Lipinski definition) is 6. The Morgan fingerprint density at radius 3 is 2.65 bits per heavy atom. The number of amides is 1. The van der Waals surface area contributed by atoms with E-state index in [1.165, 1.54) is 11.6 Å². The lowest BCUT2D eigenvalue weighted by molar-refractivity contribution is -0.158. The van der Waals surface area contributed by atoms with Gasteiger partial charge in [-0.2, -0.15) is 0 Å². The number of β-amino-alcohol motifs (C(OH)–C–C–N with tert-alkyl or cyclic N) is 1. The zero-order valence-corrected chi connectivity index (χ0v) is 21.3. The van der Waals surface area contributed by atoms with Crippen LogP contribution in [-0.2, 0) is 27.4 Å². The molecule has 200 valence electrons. The Balaban J connectivity index is 1.13. The molecular weight excluding hydrogens is 473 g/mol. The van der Waals surface area contributed by atoms with Gasteiger partial charge in [-0.15, -0.1) is 0 Å². The number of likely N-dealkylation sites (tertiary alicyclic amines) is 1. The molecule has 1 amide bonds. The SMILES string of the molecule is O=C(C[C@@H]1CC[C@@H]2[C@H](COC[C@@H](O)CN2Cc2ccccc2F)O1)N[C@H]1CCN(Cc2ccccc2)C1. The van der Waals surface area contributed by atoms with E-state index in [0.717, 1.165) is 38.9 Å². The molecule has 8 heteroatoms. The lowest BCUT2D eigenvalue weighted by Crippen LogP contribution is -2.55. The van der Waals surface area contributed by atoms with E-state index in [2.05, 4.69) is 39.4 Å². The summed E-state index contributed by atoms with van der Waals surface area (Å²) in [5, 5.41) is 13.6. The highest BCUT2D eigenvalue weighted by Gasteiger charge is 2.38. The van der Waals surface area contributed by atoms with Crippen molar-refractivity contribution in [1.82, 2.24) is 15.1 Å². The summed E-state index contributed by atoms with van der Waals surface area (Å²) in [4.78, 5) is 17.4. The molecule has 37 heavy (non-hydrogen) atoms. The summed E-state index contributed by atoms with van der Waals surface area (Å²) in [6.45, 7) is 4.10. The molecule has 0 bridgehead atoms. The molecule has 3 aliphatic rings. The maximum Gasteiger partial charge on any atom is 0.222 e. The Morgan fingerprint density at radius 2 is 1.81 bits per heavy atom. The van der Waals surface area contributed by atoms with E-state index in [1.807, 2.05) is 12.1 Å². The quantitative estimate of drug-likeness (QED) is 0.596. The Labute approximate surface area is 218 Å². The van der Waals surface area contributed by atoms with Gasteiger partial charge in [0.2, 0.25) is 5.91 Å². The van der Waals surface area contributed by atoms with Gasteiger partial charge < -0.3 is 19.9 Å². The number of nitrogens with zero attached hydrogens (tertiary/aromatic N) is 2. The largest absolute Gasteiger partial charge is 0.389 e. The lowest BCUT2D eigenvalue weighted by atomic mass is 9.94. The van der Waals surface area contributed by atoms with E-state index < -0.39 is 6.10 Å². The molecule has 7 nitrogen and oxygen atoms in total. The van der Waals surface area contributed by atoms with Crippen molar-refractivity contribution >= 4 is 5.91 Å². The molecule has 5 rings (SSSR count). The van der Waals surface area contributed by atoms with Crippen LogP contribution in [0.3, 0.4) is 0 Å². The van der Waals surface area contributed by atoms with E-state index >= 15 is 0 Å². The van der Waals surface area contributed by atoms with Crippen LogP contribution in [0.15, 0.2) is 54.6 Å². The first kappa shape index (κ1) is 26.3. The summed E-state index contributed by atoms with van der Waals surface area (Å²) in [7, 11) is 0. The summed E-state index contributed by atoms with van der Waals surface area (Å²) in [6.07, 6.45) is 1.80. The predicted molar refractivity (Wildman–Crippen MR) is 138 cm³/mol. The first-order chi connectivity index (χ1) is 18.0. The number of halogens is 1. The molecule has 3 fully saturated rings. The second kappa shape index (κ2) is 12.5. The molecule has 0 spiro atoms. The minimum absolute atomic E-state index is 0.00440. The maximum absolute atomic E-state index is 14.4. The molecule has 3 saturated heterocycles. The van der Waals surface area contributed by atoms with Crippen molar-refractivity contribution in [3.63, 3.8) is 0 Å². The number of fused-ring (bicyclic) bond motifs is 1. The molecular formula is C29H38FN3O4. The predicted octanol–water partition coefficient (Wildman–Crippen LogP) is 2.72. The number of nitrogens with one attached hydrogen (secondary N) is 1. The van der Waals surface area contributed by atoms with Gasteiger partial charge in [-0.05, 0) is 30.9 Å². The highest BCUT2D eigenvalue weighted by molar-refractivity contribution is 5.76. The van der Waals surface area contributed by atoms with Gasteiger partial charge in [-0.25, -0.2) is 4.39 Å². The van der Waals surface area contributed by atoms with Crippen molar-refractivity contribution in [2.75, 3.05) is 32.8 Å². The fraction of sp³-hybridized carbons (Fsp3) is 0.552. The van der Waals surface area contributed by atoms with Crippen molar-refractivity contribution in [3.8, 4) is 0 Å². The van der Waals surface area contributed by atoms with E-state index in [9.17, 15) is 14.3 Å². The number of hydrogen-bond donors (Lipinski definition) is 2. The Kier molecular flexibility index (Phi) is 8.84. The van der Waals surface area contributed by atoms with Crippen molar-refractivity contribution in [2.24, 2.45) is 0 Å². The Hall–Kier alpha value is -2.36. The summed E-state index contributed by atoms with van der Waals surface area (Å²) >= 11 is 0. The summed E-state index contributed by atoms with van der Waals surface area (Å²) < 4.78 is 26.5. The molecule has 3 heterocycles. The first-order valence-corrected chi connectivity index (χ1v) is 13.5.